The van der Waals surface area contributed by atoms with E-state index in [9.17, 15) is 9.59 Å². The zero-order valence-electron chi connectivity index (χ0n) is 23.2. The van der Waals surface area contributed by atoms with Gasteiger partial charge in [-0.2, -0.15) is 0 Å². The Morgan fingerprint density at radius 3 is 2.45 bits per heavy atom. The largest absolute Gasteiger partial charge is 0.496 e. The standard InChI is InChI=1S/C35H30N2O5/c1-40-32-14-8-5-11-26(32)22-30(34(38)37-27(23-41-35(37)39)21-24-9-3-2-4-10-24)25-15-17-28(18-16-25)42-33-19-20-36-31-13-7-6-12-29(31)33/h2-20,27,30H,21-23H2,1H3/t27-,30-/m0/s1. The minimum atomic E-state index is -0.652. The van der Waals surface area contributed by atoms with E-state index in [2.05, 4.69) is 4.98 Å². The van der Waals surface area contributed by atoms with E-state index < -0.39 is 18.1 Å². The van der Waals surface area contributed by atoms with Crippen LogP contribution in [-0.2, 0) is 22.4 Å². The molecule has 42 heavy (non-hydrogen) atoms. The lowest BCUT2D eigenvalue weighted by Crippen LogP contribution is -2.43. The van der Waals surface area contributed by atoms with Gasteiger partial charge in [0.1, 0.15) is 23.9 Å². The molecule has 1 aliphatic heterocycles. The summed E-state index contributed by atoms with van der Waals surface area (Å²) in [6.45, 7) is 0.160. The lowest BCUT2D eigenvalue weighted by atomic mass is 9.89. The summed E-state index contributed by atoms with van der Waals surface area (Å²) >= 11 is 0. The molecule has 0 unspecified atom stereocenters. The molecule has 1 fully saturated rings. The molecule has 7 heteroatoms. The van der Waals surface area contributed by atoms with Crippen LogP contribution in [0.15, 0.2) is 115 Å². The van der Waals surface area contributed by atoms with Crippen LogP contribution in [0.25, 0.3) is 10.9 Å². The quantitative estimate of drug-likeness (QED) is 0.195. The van der Waals surface area contributed by atoms with Crippen LogP contribution in [0.5, 0.6) is 17.2 Å². The van der Waals surface area contributed by atoms with Crippen LogP contribution in [0.3, 0.4) is 0 Å². The van der Waals surface area contributed by atoms with Crippen molar-refractivity contribution in [1.82, 2.24) is 9.88 Å². The first-order valence-electron chi connectivity index (χ1n) is 13.9. The fourth-order valence-corrected chi connectivity index (χ4v) is 5.43. The van der Waals surface area contributed by atoms with Gasteiger partial charge < -0.3 is 14.2 Å². The molecule has 0 radical (unpaired) electrons. The fraction of sp³-hybridized carbons (Fsp3) is 0.171. The molecule has 1 aliphatic rings. The van der Waals surface area contributed by atoms with Crippen LogP contribution in [0.1, 0.15) is 22.6 Å². The third-order valence-electron chi connectivity index (χ3n) is 7.55. The number of hydrogen-bond donors (Lipinski definition) is 0. The first kappa shape index (κ1) is 27.0. The summed E-state index contributed by atoms with van der Waals surface area (Å²) in [6.07, 6.45) is 1.97. The summed E-state index contributed by atoms with van der Waals surface area (Å²) in [5, 5.41) is 0.908. The molecule has 210 valence electrons. The number of para-hydroxylation sites is 2. The van der Waals surface area contributed by atoms with E-state index in [1.54, 1.807) is 13.3 Å². The van der Waals surface area contributed by atoms with Gasteiger partial charge in [-0.05, 0) is 65.9 Å². The third-order valence-corrected chi connectivity index (χ3v) is 7.55. The van der Waals surface area contributed by atoms with Gasteiger partial charge in [0.05, 0.1) is 24.6 Å². The molecule has 0 bridgehead atoms. The molecule has 0 N–H and O–H groups in total. The maximum atomic E-state index is 14.2. The third kappa shape index (κ3) is 5.67. The predicted molar refractivity (Wildman–Crippen MR) is 160 cm³/mol. The zero-order valence-corrected chi connectivity index (χ0v) is 23.2. The monoisotopic (exact) mass is 558 g/mol. The summed E-state index contributed by atoms with van der Waals surface area (Å²) in [6, 6.07) is 34.1. The fourth-order valence-electron chi connectivity index (χ4n) is 5.43. The Morgan fingerprint density at radius 1 is 0.905 bits per heavy atom. The minimum absolute atomic E-state index is 0.160. The molecule has 1 aromatic heterocycles. The summed E-state index contributed by atoms with van der Waals surface area (Å²) in [7, 11) is 1.61. The van der Waals surface area contributed by atoms with Gasteiger partial charge in [0.15, 0.2) is 0 Å². The van der Waals surface area contributed by atoms with Crippen LogP contribution in [0, 0.1) is 0 Å². The molecule has 1 saturated heterocycles. The average molecular weight is 559 g/mol. The minimum Gasteiger partial charge on any atom is -0.496 e. The number of fused-ring (bicyclic) bond motifs is 1. The van der Waals surface area contributed by atoms with Crippen molar-refractivity contribution < 1.29 is 23.8 Å². The van der Waals surface area contributed by atoms with Crippen molar-refractivity contribution in [2.75, 3.05) is 13.7 Å². The SMILES string of the molecule is COc1ccccc1C[C@H](C(=O)N1C(=O)OC[C@@H]1Cc1ccccc1)c1ccc(Oc2ccnc3ccccc23)cc1. The van der Waals surface area contributed by atoms with E-state index in [-0.39, 0.29) is 12.5 Å². The van der Waals surface area contributed by atoms with Gasteiger partial charge in [-0.25, -0.2) is 9.69 Å². The van der Waals surface area contributed by atoms with Gasteiger partial charge in [0.25, 0.3) is 0 Å². The second-order valence-electron chi connectivity index (χ2n) is 10.2. The summed E-state index contributed by atoms with van der Waals surface area (Å²) in [4.78, 5) is 32.8. The maximum absolute atomic E-state index is 14.2. The Bertz CT molecular complexity index is 1700. The number of aromatic nitrogens is 1. The maximum Gasteiger partial charge on any atom is 0.417 e. The van der Waals surface area contributed by atoms with Crippen LogP contribution < -0.4 is 9.47 Å². The van der Waals surface area contributed by atoms with E-state index >= 15 is 0 Å². The van der Waals surface area contributed by atoms with Gasteiger partial charge in [0.2, 0.25) is 5.91 Å². The molecule has 2 amide bonds. The molecule has 5 aromatic rings. The molecule has 2 atom stereocenters. The van der Waals surface area contributed by atoms with Crippen molar-refractivity contribution in [2.24, 2.45) is 0 Å². The average Bonchev–Trinajstić information content (AvgIpc) is 3.40. The Labute approximate surface area is 244 Å². The second kappa shape index (κ2) is 12.1. The number of nitrogens with zero attached hydrogens (tertiary/aromatic N) is 2. The number of hydrogen-bond acceptors (Lipinski definition) is 6. The number of carbonyl (C=O) groups excluding carboxylic acids is 2. The van der Waals surface area contributed by atoms with E-state index in [4.69, 9.17) is 14.2 Å². The topological polar surface area (TPSA) is 78.0 Å². The van der Waals surface area contributed by atoms with Gasteiger partial charge in [0, 0.05) is 11.6 Å². The molecule has 7 nitrogen and oxygen atoms in total. The van der Waals surface area contributed by atoms with E-state index in [0.717, 1.165) is 27.6 Å². The number of amides is 2. The summed E-state index contributed by atoms with van der Waals surface area (Å²) in [5.41, 5.74) is 3.51. The first-order valence-corrected chi connectivity index (χ1v) is 13.9. The number of rotatable bonds is 9. The number of cyclic esters (lactones) is 1. The molecule has 2 heterocycles. The molecule has 0 spiro atoms. The molecule has 6 rings (SSSR count). The highest BCUT2D eigenvalue weighted by atomic mass is 16.6. The number of methoxy groups -OCH3 is 1. The smallest absolute Gasteiger partial charge is 0.417 e. The first-order chi connectivity index (χ1) is 20.6. The predicted octanol–water partition coefficient (Wildman–Crippen LogP) is 6.95. The second-order valence-corrected chi connectivity index (χ2v) is 10.2. The molecule has 0 aliphatic carbocycles. The Morgan fingerprint density at radius 2 is 1.64 bits per heavy atom. The molecular weight excluding hydrogens is 528 g/mol. The van der Waals surface area contributed by atoms with Crippen LogP contribution in [0.4, 0.5) is 4.79 Å². The highest BCUT2D eigenvalue weighted by Gasteiger charge is 2.41. The van der Waals surface area contributed by atoms with Crippen molar-refractivity contribution in [2.45, 2.75) is 24.8 Å². The van der Waals surface area contributed by atoms with Crippen LogP contribution in [-0.4, -0.2) is 41.6 Å². The van der Waals surface area contributed by atoms with Crippen LogP contribution in [0.2, 0.25) is 0 Å². The van der Waals surface area contributed by atoms with E-state index in [1.165, 1.54) is 4.90 Å². The van der Waals surface area contributed by atoms with Crippen LogP contribution >= 0.6 is 0 Å². The Hall–Kier alpha value is -5.17. The summed E-state index contributed by atoms with van der Waals surface area (Å²) < 4.78 is 17.2. The highest BCUT2D eigenvalue weighted by molar-refractivity contribution is 5.97. The molecular formula is C35H30N2O5. The Kier molecular flexibility index (Phi) is 7.81. The van der Waals surface area contributed by atoms with Crippen molar-refractivity contribution in [3.63, 3.8) is 0 Å². The van der Waals surface area contributed by atoms with Crippen molar-refractivity contribution in [3.05, 3.63) is 132 Å². The number of benzene rings is 4. The molecule has 4 aromatic carbocycles. The zero-order chi connectivity index (χ0) is 28.9. The molecule has 0 saturated carbocycles. The number of ether oxygens (including phenoxy) is 3. The lowest BCUT2D eigenvalue weighted by molar-refractivity contribution is -0.130. The van der Waals surface area contributed by atoms with Gasteiger partial charge in [-0.15, -0.1) is 0 Å². The normalized spacial score (nSPS) is 15.3. The number of pyridine rings is 1. The number of carbonyl (C=O) groups is 2. The van der Waals surface area contributed by atoms with Gasteiger partial charge in [-0.1, -0.05) is 72.8 Å². The lowest BCUT2D eigenvalue weighted by Gasteiger charge is -2.26. The van der Waals surface area contributed by atoms with E-state index in [0.29, 0.717) is 30.1 Å². The van der Waals surface area contributed by atoms with Crippen molar-refractivity contribution in [1.29, 1.82) is 0 Å². The number of imide groups is 1. The van der Waals surface area contributed by atoms with Gasteiger partial charge >= 0.3 is 6.09 Å². The summed E-state index contributed by atoms with van der Waals surface area (Å²) in [5.74, 6) is 1.04. The highest BCUT2D eigenvalue weighted by Crippen LogP contribution is 2.33. The van der Waals surface area contributed by atoms with Crippen molar-refractivity contribution in [3.8, 4) is 17.2 Å². The van der Waals surface area contributed by atoms with Gasteiger partial charge in [-0.3, -0.25) is 9.78 Å². The van der Waals surface area contributed by atoms with E-state index in [1.807, 2.05) is 109 Å². The Balaban J connectivity index is 1.31. The van der Waals surface area contributed by atoms with Crippen molar-refractivity contribution >= 4 is 22.9 Å².